The van der Waals surface area contributed by atoms with Gasteiger partial charge in [-0.3, -0.25) is 34.3 Å². The van der Waals surface area contributed by atoms with Crippen LogP contribution in [0.25, 0.3) is 0 Å². The molecule has 0 aromatic carbocycles. The molecule has 0 atom stereocenters. The molecule has 0 bridgehead atoms. The molecule has 456 valence electrons. The van der Waals surface area contributed by atoms with Crippen LogP contribution in [0.4, 0.5) is 15.3 Å². The van der Waals surface area contributed by atoms with E-state index in [0.717, 1.165) is 122 Å². The number of piperazine rings is 1. The Kier molecular flexibility index (Phi) is 28.3. The van der Waals surface area contributed by atoms with Crippen molar-refractivity contribution in [2.24, 2.45) is 17.8 Å². The number of likely N-dealkylation sites (tertiary alicyclic amines) is 1. The minimum absolute atomic E-state index is 0.0155. The predicted molar refractivity (Wildman–Crippen MR) is 320 cm³/mol. The number of carboxylic acid groups (broad SMARTS) is 3. The lowest BCUT2D eigenvalue weighted by molar-refractivity contribution is -0.137. The quantitative estimate of drug-likeness (QED) is 0.112. The number of nitrogens with one attached hydrogen (secondary N) is 2. The molecule has 22 nitrogen and oxygen atoms in total. The number of amides is 2. The minimum atomic E-state index is -0.793. The third-order valence-electron chi connectivity index (χ3n) is 15.8. The van der Waals surface area contributed by atoms with Crippen LogP contribution >= 0.6 is 0 Å². The molecule has 10 rings (SSSR count). The van der Waals surface area contributed by atoms with Crippen LogP contribution in [0.3, 0.4) is 0 Å². The van der Waals surface area contributed by atoms with Crippen molar-refractivity contribution in [2.45, 2.75) is 198 Å². The lowest BCUT2D eigenvalue weighted by atomic mass is 9.87. The number of carboxylic acids is 1. The predicted octanol–water partition coefficient (Wildman–Crippen LogP) is 8.16. The van der Waals surface area contributed by atoms with Crippen molar-refractivity contribution in [1.29, 1.82) is 0 Å². The van der Waals surface area contributed by atoms with Gasteiger partial charge in [0.1, 0.15) is 18.0 Å². The van der Waals surface area contributed by atoms with Crippen LogP contribution in [-0.4, -0.2) is 198 Å². The molecule has 22 heteroatoms. The molecule has 81 heavy (non-hydrogen) atoms. The molecule has 2 saturated heterocycles. The average Bonchev–Trinajstić information content (AvgIpc) is 4.24. The van der Waals surface area contributed by atoms with Crippen molar-refractivity contribution in [3.05, 3.63) is 76.0 Å². The van der Waals surface area contributed by atoms with Crippen LogP contribution in [0.15, 0.2) is 41.8 Å². The molecule has 6 aliphatic rings. The smallest absolute Gasteiger partial charge is 0.407 e. The van der Waals surface area contributed by atoms with Crippen LogP contribution in [0.1, 0.15) is 151 Å². The molecule has 0 aliphatic carbocycles. The molecule has 0 saturated carbocycles. The number of nitrogens with zero attached hydrogens (tertiary/aromatic N) is 13. The van der Waals surface area contributed by atoms with Gasteiger partial charge in [0.2, 0.25) is 5.56 Å². The number of aromatic amines is 2. The van der Waals surface area contributed by atoms with Gasteiger partial charge in [0, 0.05) is 146 Å². The molecule has 10 heterocycles. The van der Waals surface area contributed by atoms with E-state index in [1.165, 1.54) is 45.5 Å². The number of aromatic nitrogens is 8. The molecule has 4 aromatic rings. The van der Waals surface area contributed by atoms with Gasteiger partial charge in [-0.1, -0.05) is 33.8 Å². The van der Waals surface area contributed by atoms with Gasteiger partial charge in [0.15, 0.2) is 0 Å². The molecular weight excluding hydrogens is 1030 g/mol. The second-order valence-corrected chi connectivity index (χ2v) is 24.1. The number of fused-ring (bicyclic) bond motifs is 4. The van der Waals surface area contributed by atoms with E-state index in [-0.39, 0.29) is 17.9 Å². The Hall–Kier alpha value is -5.84. The first-order chi connectivity index (χ1) is 38.3. The number of pyridine rings is 1. The zero-order valence-electron chi connectivity index (χ0n) is 51.7. The highest BCUT2D eigenvalue weighted by Crippen LogP contribution is 2.27. The molecule has 4 aromatic heterocycles. The van der Waals surface area contributed by atoms with E-state index in [1.807, 2.05) is 37.0 Å². The Morgan fingerprint density at radius 3 is 1.77 bits per heavy atom. The van der Waals surface area contributed by atoms with Crippen molar-refractivity contribution in [3.63, 3.8) is 0 Å². The maximum absolute atomic E-state index is 11.1. The van der Waals surface area contributed by atoms with E-state index in [4.69, 9.17) is 15.3 Å². The maximum Gasteiger partial charge on any atom is 0.407 e. The van der Waals surface area contributed by atoms with Gasteiger partial charge in [-0.2, -0.15) is 10.2 Å². The minimum Gasteiger partial charge on any atom is -0.481 e. The van der Waals surface area contributed by atoms with E-state index in [0.29, 0.717) is 49.2 Å². The number of anilines is 1. The first-order valence-electron chi connectivity index (χ1n) is 29.8. The van der Waals surface area contributed by atoms with Gasteiger partial charge in [0.25, 0.3) is 0 Å². The van der Waals surface area contributed by atoms with Crippen molar-refractivity contribution in [1.82, 2.24) is 68.9 Å². The third-order valence-corrected chi connectivity index (χ3v) is 15.8. The van der Waals surface area contributed by atoms with E-state index in [2.05, 4.69) is 149 Å². The summed E-state index contributed by atoms with van der Waals surface area (Å²) >= 11 is 0. The molecule has 0 spiro atoms. The van der Waals surface area contributed by atoms with E-state index < -0.39 is 18.2 Å². The number of hydrogen-bond acceptors (Lipinski definition) is 13. The highest BCUT2D eigenvalue weighted by molar-refractivity contribution is 5.67. The largest absolute Gasteiger partial charge is 0.481 e. The molecule has 5 N–H and O–H groups in total. The Morgan fingerprint density at radius 1 is 0.617 bits per heavy atom. The zero-order chi connectivity index (χ0) is 59.9. The zero-order valence-corrected chi connectivity index (χ0v) is 51.7. The number of piperidine rings is 1. The van der Waals surface area contributed by atoms with Crippen molar-refractivity contribution in [3.8, 4) is 0 Å². The summed E-state index contributed by atoms with van der Waals surface area (Å²) in [7, 11) is 0. The number of imidazole rings is 1. The standard InChI is InChI=1S/C11H16N2O.2C9H15N3.C9H17NO2.C8H14N4.C8H16N2O2.C5H10O2/c1-8(2)13-6-5-10-9(7-13)3-4-11(14)12-10;1-8(2)11-5-3-9-10-4-6-12(9)7-11;1-7(2)12-5-3-4-8-9(12)6-10-11-8;1-7(2)8-3-5-10(6-4-8)9(11)12;1-7(2)11-3-4-12-8(5-11)9-6-10-12;1-7(2)9-3-5-10(6-4-9)8(11)12;1-4(2)3-5(6)7/h3-4,8H,5-7H2,1-2H3,(H,12,14);4,6,8H,3,5,7H2,1-2H3;6-7H,3-5H2,1-2H3,(H,10,11);7-8H,3-6H2,1-2H3,(H,11,12);6-7H,3-5H2,1-2H3;7H,3-6H2,1-2H3,(H,11,12);4H,3H2,1-2H3,(H,6,7). The fraction of sp³-hybridized carbons (Fsp3) is 0.729. The maximum atomic E-state index is 11.1. The van der Waals surface area contributed by atoms with Crippen molar-refractivity contribution < 1.29 is 29.7 Å². The van der Waals surface area contributed by atoms with Gasteiger partial charge in [-0.15, -0.1) is 0 Å². The number of aryl methyl sites for hydroxylation is 1. The summed E-state index contributed by atoms with van der Waals surface area (Å²) in [5.41, 5.74) is 5.01. The van der Waals surface area contributed by atoms with Gasteiger partial charge in [-0.05, 0) is 118 Å². The second-order valence-electron chi connectivity index (χ2n) is 24.1. The van der Waals surface area contributed by atoms with E-state index >= 15 is 0 Å². The van der Waals surface area contributed by atoms with Crippen LogP contribution in [0, 0.1) is 17.8 Å². The first kappa shape index (κ1) is 67.7. The van der Waals surface area contributed by atoms with Gasteiger partial charge in [0.05, 0.1) is 37.3 Å². The number of aliphatic carboxylic acids is 1. The summed E-state index contributed by atoms with van der Waals surface area (Å²) in [5, 5.41) is 36.7. The van der Waals surface area contributed by atoms with E-state index in [9.17, 15) is 19.2 Å². The van der Waals surface area contributed by atoms with Crippen molar-refractivity contribution in [2.75, 3.05) is 70.3 Å². The lowest BCUT2D eigenvalue weighted by Gasteiger charge is -2.35. The Labute approximate surface area is 483 Å². The SMILES string of the molecule is CC(C)C1CCN(C(=O)O)CC1.CC(C)CC(=O)O.CC(C)N1CCCc2[nH]ncc21.CC(C)N1CCN(C(=O)O)CC1.CC(C)N1CCc2[nH]c(=O)ccc2C1.CC(C)N1CCc2nccn2C1.CC(C)N1CCn2ncnc2C1. The summed E-state index contributed by atoms with van der Waals surface area (Å²) in [6, 6.07) is 6.50. The summed E-state index contributed by atoms with van der Waals surface area (Å²) in [6.45, 7) is 43.0. The van der Waals surface area contributed by atoms with Crippen LogP contribution in [0.2, 0.25) is 0 Å². The molecular formula is C59H103N15O7. The highest BCUT2D eigenvalue weighted by Gasteiger charge is 2.26. The summed E-state index contributed by atoms with van der Waals surface area (Å²) in [6.07, 6.45) is 12.8. The second kappa shape index (κ2) is 33.9. The van der Waals surface area contributed by atoms with Crippen molar-refractivity contribution >= 4 is 23.8 Å². The van der Waals surface area contributed by atoms with Gasteiger partial charge < -0.3 is 39.6 Å². The number of carbonyl (C=O) groups is 3. The summed E-state index contributed by atoms with van der Waals surface area (Å²) in [5.74, 6) is 3.30. The number of rotatable bonds is 8. The average molecular weight is 1130 g/mol. The Balaban J connectivity index is 0.000000205. The summed E-state index contributed by atoms with van der Waals surface area (Å²) < 4.78 is 4.21. The molecule has 0 radical (unpaired) electrons. The fourth-order valence-electron chi connectivity index (χ4n) is 10.4. The molecule has 0 unspecified atom stereocenters. The number of hydrogen-bond donors (Lipinski definition) is 5. The molecule has 2 fully saturated rings. The van der Waals surface area contributed by atoms with Crippen LogP contribution in [-0.2, 0) is 50.4 Å². The first-order valence-corrected chi connectivity index (χ1v) is 29.8. The van der Waals surface area contributed by atoms with Crippen LogP contribution in [0.5, 0.6) is 0 Å². The van der Waals surface area contributed by atoms with Gasteiger partial charge in [-0.25, -0.2) is 24.2 Å². The number of H-pyrrole nitrogens is 2. The molecule has 6 aliphatic heterocycles. The monoisotopic (exact) mass is 1130 g/mol. The highest BCUT2D eigenvalue weighted by atomic mass is 16.4. The normalized spacial score (nSPS) is 17.6. The molecule has 2 amide bonds. The Bertz CT molecular complexity index is 2410. The third kappa shape index (κ3) is 22.8. The topological polar surface area (TPSA) is 245 Å². The summed E-state index contributed by atoms with van der Waals surface area (Å²) in [4.78, 5) is 68.3. The fourth-order valence-corrected chi connectivity index (χ4v) is 10.4. The van der Waals surface area contributed by atoms with Crippen LogP contribution < -0.4 is 10.5 Å². The lowest BCUT2D eigenvalue weighted by Crippen LogP contribution is -2.50. The van der Waals surface area contributed by atoms with E-state index in [1.54, 1.807) is 12.4 Å². The van der Waals surface area contributed by atoms with Gasteiger partial charge >= 0.3 is 18.2 Å². The Morgan fingerprint density at radius 2 is 1.21 bits per heavy atom.